The second kappa shape index (κ2) is 10.8. The van der Waals surface area contributed by atoms with Crippen LogP contribution in [0.5, 0.6) is 11.5 Å². The summed E-state index contributed by atoms with van der Waals surface area (Å²) in [6.07, 6.45) is -0.756. The third kappa shape index (κ3) is 5.06. The van der Waals surface area contributed by atoms with Gasteiger partial charge in [-0.05, 0) is 35.4 Å². The molecule has 2 aliphatic rings. The predicted molar refractivity (Wildman–Crippen MR) is 115 cm³/mol. The van der Waals surface area contributed by atoms with Crippen LogP contribution >= 0.6 is 0 Å². The minimum Gasteiger partial charge on any atom is -0.497 e. The monoisotopic (exact) mass is 484 g/mol. The summed E-state index contributed by atoms with van der Waals surface area (Å²) < 4.78 is 33.5. The third-order valence-corrected chi connectivity index (χ3v) is 5.22. The van der Waals surface area contributed by atoms with Gasteiger partial charge in [-0.1, -0.05) is 24.3 Å². The smallest absolute Gasteiger partial charge is 0.228 e. The summed E-state index contributed by atoms with van der Waals surface area (Å²) >= 11 is 0. The molecule has 4 atom stereocenters. The normalized spacial score (nSPS) is 24.0. The molecule has 0 amide bonds. The van der Waals surface area contributed by atoms with E-state index in [-0.39, 0.29) is 28.6 Å². The van der Waals surface area contributed by atoms with Gasteiger partial charge in [0.05, 0.1) is 20.6 Å². The zero-order valence-corrected chi connectivity index (χ0v) is 19.3. The van der Waals surface area contributed by atoms with E-state index in [1.165, 1.54) is 0 Å². The van der Waals surface area contributed by atoms with E-state index in [0.29, 0.717) is 18.2 Å². The summed E-state index contributed by atoms with van der Waals surface area (Å²) in [6, 6.07) is 14.8. The van der Waals surface area contributed by atoms with E-state index in [2.05, 4.69) is 0 Å². The van der Waals surface area contributed by atoms with Crippen molar-refractivity contribution in [1.82, 2.24) is 0 Å². The standard InChI is InChI=1S/C23H26N2O6.Ni/c1-26-16-9-5-7-14(11-16)20-22(28-3)30-18(24-20)13-19-25-21(23(29-4)31-19)15-8-6-10-17(12-15)27-2;/h5-12,20-23H,13H2,1-4H3;/t20-,21-,22?,23?;/m1./s1. The van der Waals surface area contributed by atoms with Gasteiger partial charge in [0, 0.05) is 30.7 Å². The van der Waals surface area contributed by atoms with E-state index in [9.17, 15) is 0 Å². The molecule has 8 nitrogen and oxygen atoms in total. The number of benzene rings is 2. The number of rotatable bonds is 8. The molecule has 0 aliphatic carbocycles. The van der Waals surface area contributed by atoms with Crippen molar-refractivity contribution >= 4 is 11.8 Å². The molecule has 0 saturated heterocycles. The quantitative estimate of drug-likeness (QED) is 0.531. The van der Waals surface area contributed by atoms with Crippen LogP contribution < -0.4 is 9.47 Å². The summed E-state index contributed by atoms with van der Waals surface area (Å²) in [6.45, 7) is 0. The zero-order chi connectivity index (χ0) is 21.8. The Morgan fingerprint density at radius 2 is 1.16 bits per heavy atom. The number of ether oxygens (including phenoxy) is 6. The molecule has 2 unspecified atom stereocenters. The molecule has 0 bridgehead atoms. The van der Waals surface area contributed by atoms with E-state index >= 15 is 0 Å². The van der Waals surface area contributed by atoms with Gasteiger partial charge in [0.25, 0.3) is 0 Å². The molecule has 2 aliphatic heterocycles. The Morgan fingerprint density at radius 1 is 0.719 bits per heavy atom. The topological polar surface area (TPSA) is 80.1 Å². The molecule has 0 aromatic heterocycles. The first-order valence-electron chi connectivity index (χ1n) is 9.95. The SMILES string of the molecule is COc1cccc([C@H]2N=C(CC3=N[C@H](c4cccc(OC)c4)C(OC)O3)OC2OC)c1.[Ni]. The van der Waals surface area contributed by atoms with Gasteiger partial charge in [0.15, 0.2) is 11.8 Å². The molecule has 32 heavy (non-hydrogen) atoms. The first kappa shape index (κ1) is 24.0. The van der Waals surface area contributed by atoms with Crippen molar-refractivity contribution in [3.63, 3.8) is 0 Å². The van der Waals surface area contributed by atoms with Crippen molar-refractivity contribution in [3.05, 3.63) is 59.7 Å². The summed E-state index contributed by atoms with van der Waals surface area (Å²) in [5.41, 5.74) is 1.89. The largest absolute Gasteiger partial charge is 0.497 e. The maximum Gasteiger partial charge on any atom is 0.228 e. The maximum atomic E-state index is 5.92. The van der Waals surface area contributed by atoms with E-state index in [1.54, 1.807) is 28.4 Å². The molecule has 2 aromatic rings. The van der Waals surface area contributed by atoms with Gasteiger partial charge in [0.2, 0.25) is 12.6 Å². The van der Waals surface area contributed by atoms with Gasteiger partial charge >= 0.3 is 0 Å². The van der Waals surface area contributed by atoms with Crippen molar-refractivity contribution in [2.45, 2.75) is 31.1 Å². The predicted octanol–water partition coefficient (Wildman–Crippen LogP) is 3.68. The first-order chi connectivity index (χ1) is 15.1. The number of aliphatic imine (C=N–C) groups is 2. The number of methoxy groups -OCH3 is 4. The minimum absolute atomic E-state index is 0. The van der Waals surface area contributed by atoms with Gasteiger partial charge in [0.1, 0.15) is 23.6 Å². The van der Waals surface area contributed by atoms with Crippen LogP contribution in [0.4, 0.5) is 0 Å². The summed E-state index contributed by atoms with van der Waals surface area (Å²) in [7, 11) is 6.46. The van der Waals surface area contributed by atoms with Gasteiger partial charge in [-0.2, -0.15) is 0 Å². The zero-order valence-electron chi connectivity index (χ0n) is 18.3. The van der Waals surface area contributed by atoms with Crippen LogP contribution in [0.25, 0.3) is 0 Å². The molecule has 0 fully saturated rings. The van der Waals surface area contributed by atoms with Gasteiger partial charge in [-0.15, -0.1) is 0 Å². The average molecular weight is 485 g/mol. The second-order valence-corrected chi connectivity index (χ2v) is 7.11. The van der Waals surface area contributed by atoms with Crippen LogP contribution in [-0.2, 0) is 35.4 Å². The molecule has 2 aromatic carbocycles. The van der Waals surface area contributed by atoms with E-state index in [0.717, 1.165) is 22.6 Å². The molecule has 0 N–H and O–H groups in total. The molecule has 0 radical (unpaired) electrons. The van der Waals surface area contributed by atoms with Crippen molar-refractivity contribution in [2.75, 3.05) is 28.4 Å². The average Bonchev–Trinajstić information content (AvgIpc) is 3.43. The maximum absolute atomic E-state index is 5.92. The van der Waals surface area contributed by atoms with Gasteiger partial charge < -0.3 is 28.4 Å². The van der Waals surface area contributed by atoms with Crippen LogP contribution in [-0.4, -0.2) is 52.8 Å². The molecule has 4 rings (SSSR count). The van der Waals surface area contributed by atoms with Gasteiger partial charge in [-0.3, -0.25) is 0 Å². The fourth-order valence-electron chi connectivity index (χ4n) is 3.66. The Labute approximate surface area is 197 Å². The Hall–Kier alpha value is -2.61. The van der Waals surface area contributed by atoms with E-state index < -0.39 is 12.6 Å². The molecular formula is C23H26N2NiO6. The molecule has 0 saturated carbocycles. The van der Waals surface area contributed by atoms with Crippen LogP contribution in [0.2, 0.25) is 0 Å². The number of hydrogen-bond acceptors (Lipinski definition) is 8. The number of hydrogen-bond donors (Lipinski definition) is 0. The van der Waals surface area contributed by atoms with E-state index in [1.807, 2.05) is 48.5 Å². The third-order valence-electron chi connectivity index (χ3n) is 5.22. The Bertz CT molecular complexity index is 905. The molecule has 9 heteroatoms. The number of nitrogens with zero attached hydrogens (tertiary/aromatic N) is 2. The summed E-state index contributed by atoms with van der Waals surface area (Å²) in [5, 5.41) is 0. The summed E-state index contributed by atoms with van der Waals surface area (Å²) in [4.78, 5) is 9.44. The second-order valence-electron chi connectivity index (χ2n) is 7.11. The Kier molecular flexibility index (Phi) is 8.12. The van der Waals surface area contributed by atoms with Crippen molar-refractivity contribution in [2.24, 2.45) is 9.98 Å². The molecule has 0 spiro atoms. The van der Waals surface area contributed by atoms with Crippen LogP contribution in [0.15, 0.2) is 58.5 Å². The van der Waals surface area contributed by atoms with Crippen LogP contribution in [0.3, 0.4) is 0 Å². The van der Waals surface area contributed by atoms with Crippen molar-refractivity contribution in [3.8, 4) is 11.5 Å². The van der Waals surface area contributed by atoms with Gasteiger partial charge in [-0.25, -0.2) is 9.98 Å². The molecule has 2 heterocycles. The first-order valence-corrected chi connectivity index (χ1v) is 9.95. The molecule has 174 valence electrons. The minimum atomic E-state index is -0.531. The van der Waals surface area contributed by atoms with Crippen LogP contribution in [0, 0.1) is 0 Å². The Morgan fingerprint density at radius 3 is 1.53 bits per heavy atom. The summed E-state index contributed by atoms with van der Waals surface area (Å²) in [5.74, 6) is 2.51. The van der Waals surface area contributed by atoms with Crippen molar-refractivity contribution in [1.29, 1.82) is 0 Å². The van der Waals surface area contributed by atoms with E-state index in [4.69, 9.17) is 38.4 Å². The molecular weight excluding hydrogens is 459 g/mol. The fourth-order valence-corrected chi connectivity index (χ4v) is 3.66. The fraction of sp³-hybridized carbons (Fsp3) is 0.391. The van der Waals surface area contributed by atoms with Crippen LogP contribution in [0.1, 0.15) is 29.6 Å². The van der Waals surface area contributed by atoms with Crippen molar-refractivity contribution < 1.29 is 44.9 Å². The Balaban J connectivity index is 0.00000289.